The van der Waals surface area contributed by atoms with Crippen molar-refractivity contribution in [1.29, 1.82) is 0 Å². The van der Waals surface area contributed by atoms with Crippen LogP contribution in [0.1, 0.15) is 12.5 Å². The molecule has 1 rings (SSSR count). The predicted molar refractivity (Wildman–Crippen MR) is 56.6 cm³/mol. The van der Waals surface area contributed by atoms with Crippen molar-refractivity contribution in [1.82, 2.24) is 0 Å². The largest absolute Gasteiger partial charge is 0.450 e. The standard InChI is InChI=1S/C10H12ClNO2/c1-2-14-10(13)12-9-6-4-3-5-8(9)7-11/h3-6H,2,7H2,1H3,(H,12,13). The maximum absolute atomic E-state index is 11.1. The number of carbonyl (C=O) groups is 1. The van der Waals surface area contributed by atoms with Crippen LogP contribution in [0.15, 0.2) is 24.3 Å². The summed E-state index contributed by atoms with van der Waals surface area (Å²) in [6, 6.07) is 7.34. The zero-order valence-corrected chi connectivity index (χ0v) is 8.67. The van der Waals surface area contributed by atoms with E-state index in [0.717, 1.165) is 5.56 Å². The number of anilines is 1. The van der Waals surface area contributed by atoms with Crippen molar-refractivity contribution in [3.63, 3.8) is 0 Å². The third-order valence-corrected chi connectivity index (χ3v) is 1.96. The van der Waals surface area contributed by atoms with E-state index in [4.69, 9.17) is 16.3 Å². The lowest BCUT2D eigenvalue weighted by atomic mass is 10.2. The molecule has 0 saturated heterocycles. The minimum absolute atomic E-state index is 0.356. The Balaban J connectivity index is 2.70. The molecular formula is C10H12ClNO2. The van der Waals surface area contributed by atoms with Crippen molar-refractivity contribution < 1.29 is 9.53 Å². The Hall–Kier alpha value is -1.22. The molecule has 14 heavy (non-hydrogen) atoms. The van der Waals surface area contributed by atoms with Gasteiger partial charge in [-0.1, -0.05) is 18.2 Å². The molecule has 0 saturated carbocycles. The highest BCUT2D eigenvalue weighted by molar-refractivity contribution is 6.17. The van der Waals surface area contributed by atoms with Gasteiger partial charge in [0.15, 0.2) is 0 Å². The average Bonchev–Trinajstić information content (AvgIpc) is 2.19. The molecule has 1 aromatic rings. The smallest absolute Gasteiger partial charge is 0.411 e. The first-order valence-electron chi connectivity index (χ1n) is 4.35. The molecular weight excluding hydrogens is 202 g/mol. The van der Waals surface area contributed by atoms with Gasteiger partial charge in [-0.05, 0) is 18.6 Å². The molecule has 4 heteroatoms. The summed E-state index contributed by atoms with van der Waals surface area (Å²) in [5.74, 6) is 0.364. The molecule has 1 aromatic carbocycles. The number of hydrogen-bond donors (Lipinski definition) is 1. The molecule has 76 valence electrons. The van der Waals surface area contributed by atoms with E-state index in [-0.39, 0.29) is 0 Å². The van der Waals surface area contributed by atoms with Crippen LogP contribution < -0.4 is 5.32 Å². The fourth-order valence-electron chi connectivity index (χ4n) is 1.04. The molecule has 0 aliphatic rings. The molecule has 0 aliphatic carbocycles. The maximum atomic E-state index is 11.1. The van der Waals surface area contributed by atoms with E-state index in [9.17, 15) is 4.79 Å². The number of ether oxygens (including phenoxy) is 1. The zero-order chi connectivity index (χ0) is 10.4. The van der Waals surface area contributed by atoms with Crippen molar-refractivity contribution in [2.24, 2.45) is 0 Å². The minimum atomic E-state index is -0.454. The van der Waals surface area contributed by atoms with Crippen molar-refractivity contribution in [2.45, 2.75) is 12.8 Å². The lowest BCUT2D eigenvalue weighted by Crippen LogP contribution is -2.14. The highest BCUT2D eigenvalue weighted by Gasteiger charge is 2.04. The molecule has 1 amide bonds. The van der Waals surface area contributed by atoms with Gasteiger partial charge >= 0.3 is 6.09 Å². The van der Waals surface area contributed by atoms with Gasteiger partial charge in [0, 0.05) is 11.6 Å². The van der Waals surface area contributed by atoms with Gasteiger partial charge in [-0.15, -0.1) is 11.6 Å². The summed E-state index contributed by atoms with van der Waals surface area (Å²) in [6.07, 6.45) is -0.454. The summed E-state index contributed by atoms with van der Waals surface area (Å²) in [7, 11) is 0. The van der Waals surface area contributed by atoms with Gasteiger partial charge in [-0.2, -0.15) is 0 Å². The van der Waals surface area contributed by atoms with E-state index in [2.05, 4.69) is 5.32 Å². The van der Waals surface area contributed by atoms with E-state index in [0.29, 0.717) is 18.2 Å². The molecule has 0 radical (unpaired) electrons. The number of alkyl halides is 1. The summed E-state index contributed by atoms with van der Waals surface area (Å²) in [5.41, 5.74) is 1.57. The van der Waals surface area contributed by atoms with E-state index in [1.807, 2.05) is 18.2 Å². The van der Waals surface area contributed by atoms with Crippen LogP contribution in [0.25, 0.3) is 0 Å². The van der Waals surface area contributed by atoms with Crippen molar-refractivity contribution >= 4 is 23.4 Å². The quantitative estimate of drug-likeness (QED) is 0.784. The van der Waals surface area contributed by atoms with Crippen LogP contribution in [-0.2, 0) is 10.6 Å². The number of halogens is 1. The van der Waals surface area contributed by atoms with E-state index in [1.54, 1.807) is 13.0 Å². The summed E-state index contributed by atoms with van der Waals surface area (Å²) >= 11 is 5.70. The second-order valence-corrected chi connectivity index (χ2v) is 2.90. The second-order valence-electron chi connectivity index (χ2n) is 2.64. The van der Waals surface area contributed by atoms with Gasteiger partial charge in [-0.25, -0.2) is 4.79 Å². The number of para-hydroxylation sites is 1. The van der Waals surface area contributed by atoms with Gasteiger partial charge in [0.05, 0.1) is 6.61 Å². The average molecular weight is 214 g/mol. The fraction of sp³-hybridized carbons (Fsp3) is 0.300. The zero-order valence-electron chi connectivity index (χ0n) is 7.92. The van der Waals surface area contributed by atoms with Crippen LogP contribution in [0.4, 0.5) is 10.5 Å². The van der Waals surface area contributed by atoms with Crippen LogP contribution in [0, 0.1) is 0 Å². The van der Waals surface area contributed by atoms with Crippen LogP contribution in [0.2, 0.25) is 0 Å². The molecule has 1 N–H and O–H groups in total. The van der Waals surface area contributed by atoms with Crippen molar-refractivity contribution in [3.8, 4) is 0 Å². The lowest BCUT2D eigenvalue weighted by molar-refractivity contribution is 0.168. The first kappa shape index (κ1) is 10.9. The molecule has 0 bridgehead atoms. The Bertz CT molecular complexity index is 315. The van der Waals surface area contributed by atoms with E-state index >= 15 is 0 Å². The van der Waals surface area contributed by atoms with Crippen LogP contribution in [0.5, 0.6) is 0 Å². The topological polar surface area (TPSA) is 38.3 Å². The first-order valence-corrected chi connectivity index (χ1v) is 4.89. The molecule has 0 aromatic heterocycles. The molecule has 0 aliphatic heterocycles. The van der Waals surface area contributed by atoms with Crippen LogP contribution >= 0.6 is 11.6 Å². The summed E-state index contributed by atoms with van der Waals surface area (Å²) in [5, 5.41) is 2.62. The highest BCUT2D eigenvalue weighted by Crippen LogP contribution is 2.16. The maximum Gasteiger partial charge on any atom is 0.411 e. The number of nitrogens with one attached hydrogen (secondary N) is 1. The van der Waals surface area contributed by atoms with Gasteiger partial charge in [0.1, 0.15) is 0 Å². The molecule has 0 unspecified atom stereocenters. The molecule has 0 fully saturated rings. The predicted octanol–water partition coefficient (Wildman–Crippen LogP) is 2.99. The van der Waals surface area contributed by atoms with Crippen molar-refractivity contribution in [2.75, 3.05) is 11.9 Å². The minimum Gasteiger partial charge on any atom is -0.450 e. The SMILES string of the molecule is CCOC(=O)Nc1ccccc1CCl. The van der Waals surface area contributed by atoms with E-state index < -0.39 is 6.09 Å². The number of benzene rings is 1. The summed E-state index contributed by atoms with van der Waals surface area (Å²) in [6.45, 7) is 2.11. The monoisotopic (exact) mass is 213 g/mol. The normalized spacial score (nSPS) is 9.57. The Morgan fingerprint density at radius 3 is 2.86 bits per heavy atom. The second kappa shape index (κ2) is 5.50. The van der Waals surface area contributed by atoms with Crippen LogP contribution in [0.3, 0.4) is 0 Å². The molecule has 3 nitrogen and oxygen atoms in total. The van der Waals surface area contributed by atoms with Gasteiger partial charge in [-0.3, -0.25) is 5.32 Å². The van der Waals surface area contributed by atoms with E-state index in [1.165, 1.54) is 0 Å². The Labute approximate surface area is 88.0 Å². The Kier molecular flexibility index (Phi) is 4.26. The number of carbonyl (C=O) groups excluding carboxylic acids is 1. The third kappa shape index (κ3) is 2.92. The first-order chi connectivity index (χ1) is 6.77. The number of amides is 1. The third-order valence-electron chi connectivity index (χ3n) is 1.67. The number of rotatable bonds is 3. The summed E-state index contributed by atoms with van der Waals surface area (Å²) in [4.78, 5) is 11.1. The van der Waals surface area contributed by atoms with Crippen molar-refractivity contribution in [3.05, 3.63) is 29.8 Å². The number of hydrogen-bond acceptors (Lipinski definition) is 2. The Morgan fingerprint density at radius 1 is 1.50 bits per heavy atom. The van der Waals surface area contributed by atoms with Gasteiger partial charge < -0.3 is 4.74 Å². The Morgan fingerprint density at radius 2 is 2.21 bits per heavy atom. The molecule has 0 atom stereocenters. The van der Waals surface area contributed by atoms with Gasteiger partial charge in [0.2, 0.25) is 0 Å². The molecule has 0 spiro atoms. The molecule has 0 heterocycles. The van der Waals surface area contributed by atoms with Gasteiger partial charge in [0.25, 0.3) is 0 Å². The van der Waals surface area contributed by atoms with Crippen LogP contribution in [-0.4, -0.2) is 12.7 Å². The summed E-state index contributed by atoms with van der Waals surface area (Å²) < 4.78 is 4.75. The fourth-order valence-corrected chi connectivity index (χ4v) is 1.27. The highest BCUT2D eigenvalue weighted by atomic mass is 35.5. The lowest BCUT2D eigenvalue weighted by Gasteiger charge is -2.08.